The Kier molecular flexibility index (Phi) is 3.56. The van der Waals surface area contributed by atoms with Crippen molar-refractivity contribution in [1.82, 2.24) is 15.5 Å². The lowest BCUT2D eigenvalue weighted by Gasteiger charge is -2.08. The Balaban J connectivity index is 2.05. The summed E-state index contributed by atoms with van der Waals surface area (Å²) < 4.78 is 10.6. The molecule has 0 radical (unpaired) electrons. The molecule has 0 aromatic carbocycles. The van der Waals surface area contributed by atoms with Crippen LogP contribution < -0.4 is 5.32 Å². The van der Waals surface area contributed by atoms with Crippen LogP contribution in [0.5, 0.6) is 0 Å². The van der Waals surface area contributed by atoms with E-state index in [0.717, 1.165) is 6.54 Å². The Labute approximate surface area is 95.6 Å². The highest BCUT2D eigenvalue weighted by atomic mass is 16.5. The number of nitrogens with zero attached hydrogens (tertiary/aromatic N) is 2. The monoisotopic (exact) mass is 225 g/mol. The second-order valence-electron chi connectivity index (χ2n) is 4.26. The number of hydrogen-bond donors (Lipinski definition) is 1. The maximum atomic E-state index is 5.41. The Bertz CT molecular complexity index is 336. The van der Waals surface area contributed by atoms with Crippen LogP contribution in [0.3, 0.4) is 0 Å². The molecule has 0 saturated heterocycles. The van der Waals surface area contributed by atoms with E-state index in [1.165, 1.54) is 12.8 Å². The van der Waals surface area contributed by atoms with Crippen molar-refractivity contribution in [3.05, 3.63) is 11.7 Å². The molecule has 0 spiro atoms. The summed E-state index contributed by atoms with van der Waals surface area (Å²) in [6.07, 6.45) is 2.40. The molecule has 90 valence electrons. The van der Waals surface area contributed by atoms with Crippen LogP contribution in [-0.2, 0) is 4.74 Å². The van der Waals surface area contributed by atoms with Crippen LogP contribution in [0.25, 0.3) is 0 Å². The van der Waals surface area contributed by atoms with E-state index < -0.39 is 0 Å². The Morgan fingerprint density at radius 1 is 1.56 bits per heavy atom. The van der Waals surface area contributed by atoms with Gasteiger partial charge < -0.3 is 14.6 Å². The number of nitrogens with one attached hydrogen (secondary N) is 1. The van der Waals surface area contributed by atoms with Crippen molar-refractivity contribution in [1.29, 1.82) is 0 Å². The molecule has 0 bridgehead atoms. The number of aromatic nitrogens is 2. The predicted octanol–water partition coefficient (Wildman–Crippen LogP) is 1.84. The third kappa shape index (κ3) is 2.41. The Morgan fingerprint density at radius 3 is 2.88 bits per heavy atom. The van der Waals surface area contributed by atoms with Crippen LogP contribution in [0.1, 0.15) is 50.6 Å². The maximum Gasteiger partial charge on any atom is 0.243 e. The SMILES string of the molecule is CCNC(C)c1nc(C(OC)C2CC2)no1. The van der Waals surface area contributed by atoms with Crippen molar-refractivity contribution in [3.63, 3.8) is 0 Å². The molecule has 1 aromatic rings. The van der Waals surface area contributed by atoms with Gasteiger partial charge in [0.2, 0.25) is 11.7 Å². The maximum absolute atomic E-state index is 5.41. The van der Waals surface area contributed by atoms with E-state index in [9.17, 15) is 0 Å². The summed E-state index contributed by atoms with van der Waals surface area (Å²) in [4.78, 5) is 4.40. The average Bonchev–Trinajstić information content (AvgIpc) is 2.97. The van der Waals surface area contributed by atoms with E-state index in [1.807, 2.05) is 6.92 Å². The number of hydrogen-bond acceptors (Lipinski definition) is 5. The summed E-state index contributed by atoms with van der Waals surface area (Å²) in [5, 5.41) is 7.24. The zero-order valence-corrected chi connectivity index (χ0v) is 10.1. The molecular weight excluding hydrogens is 206 g/mol. The van der Waals surface area contributed by atoms with Gasteiger partial charge in [0.25, 0.3) is 0 Å². The lowest BCUT2D eigenvalue weighted by atomic mass is 10.2. The molecule has 1 N–H and O–H groups in total. The number of rotatable bonds is 6. The fraction of sp³-hybridized carbons (Fsp3) is 0.818. The molecule has 1 heterocycles. The molecule has 1 saturated carbocycles. The number of methoxy groups -OCH3 is 1. The van der Waals surface area contributed by atoms with Crippen molar-refractivity contribution in [2.24, 2.45) is 5.92 Å². The van der Waals surface area contributed by atoms with E-state index in [4.69, 9.17) is 9.26 Å². The second-order valence-corrected chi connectivity index (χ2v) is 4.26. The molecule has 2 rings (SSSR count). The average molecular weight is 225 g/mol. The van der Waals surface area contributed by atoms with E-state index >= 15 is 0 Å². The van der Waals surface area contributed by atoms with Crippen molar-refractivity contribution >= 4 is 0 Å². The fourth-order valence-corrected chi connectivity index (χ4v) is 1.84. The van der Waals surface area contributed by atoms with Gasteiger partial charge in [0.15, 0.2) is 0 Å². The zero-order valence-electron chi connectivity index (χ0n) is 10.1. The molecule has 0 amide bonds. The van der Waals surface area contributed by atoms with Crippen molar-refractivity contribution < 1.29 is 9.26 Å². The minimum Gasteiger partial charge on any atom is -0.373 e. The minimum atomic E-state index is 0.00586. The van der Waals surface area contributed by atoms with Gasteiger partial charge in [-0.3, -0.25) is 0 Å². The summed E-state index contributed by atoms with van der Waals surface area (Å²) >= 11 is 0. The second kappa shape index (κ2) is 4.93. The van der Waals surface area contributed by atoms with E-state index in [2.05, 4.69) is 22.4 Å². The fourth-order valence-electron chi connectivity index (χ4n) is 1.84. The van der Waals surface area contributed by atoms with Crippen molar-refractivity contribution in [2.75, 3.05) is 13.7 Å². The van der Waals surface area contributed by atoms with Gasteiger partial charge >= 0.3 is 0 Å². The van der Waals surface area contributed by atoms with Crippen LogP contribution in [0.15, 0.2) is 4.52 Å². The summed E-state index contributed by atoms with van der Waals surface area (Å²) in [6, 6.07) is 0.1000. The van der Waals surface area contributed by atoms with Crippen LogP contribution in [0.4, 0.5) is 0 Å². The molecule has 1 aliphatic rings. The quantitative estimate of drug-likeness (QED) is 0.800. The van der Waals surface area contributed by atoms with Gasteiger partial charge in [0, 0.05) is 7.11 Å². The first-order chi connectivity index (χ1) is 7.76. The molecular formula is C11H19N3O2. The van der Waals surface area contributed by atoms with Gasteiger partial charge in [0.05, 0.1) is 6.04 Å². The van der Waals surface area contributed by atoms with E-state index in [0.29, 0.717) is 17.6 Å². The molecule has 0 aliphatic heterocycles. The van der Waals surface area contributed by atoms with Crippen molar-refractivity contribution in [2.45, 2.75) is 38.8 Å². The highest BCUT2D eigenvalue weighted by molar-refractivity contribution is 4.99. The van der Waals surface area contributed by atoms with Crippen LogP contribution in [0, 0.1) is 5.92 Å². The van der Waals surface area contributed by atoms with Gasteiger partial charge in [-0.15, -0.1) is 0 Å². The van der Waals surface area contributed by atoms with Gasteiger partial charge in [-0.25, -0.2) is 0 Å². The van der Waals surface area contributed by atoms with Gasteiger partial charge in [-0.05, 0) is 32.2 Å². The van der Waals surface area contributed by atoms with E-state index in [1.54, 1.807) is 7.11 Å². The van der Waals surface area contributed by atoms with Gasteiger partial charge in [-0.1, -0.05) is 12.1 Å². The molecule has 2 atom stereocenters. The standard InChI is InChI=1S/C11H19N3O2/c1-4-12-7(2)11-13-10(14-16-11)9(15-3)8-5-6-8/h7-9,12H,4-6H2,1-3H3. The molecule has 16 heavy (non-hydrogen) atoms. The third-order valence-corrected chi connectivity index (χ3v) is 2.90. The van der Waals surface area contributed by atoms with E-state index in [-0.39, 0.29) is 12.1 Å². The molecule has 2 unspecified atom stereocenters. The lowest BCUT2D eigenvalue weighted by molar-refractivity contribution is 0.0751. The van der Waals surface area contributed by atoms with Crippen LogP contribution in [0.2, 0.25) is 0 Å². The van der Waals surface area contributed by atoms with Gasteiger partial charge in [-0.2, -0.15) is 4.98 Å². The first-order valence-electron chi connectivity index (χ1n) is 5.86. The summed E-state index contributed by atoms with van der Waals surface area (Å²) in [6.45, 7) is 4.95. The first-order valence-corrected chi connectivity index (χ1v) is 5.86. The molecule has 1 aromatic heterocycles. The minimum absolute atomic E-state index is 0.00586. The lowest BCUT2D eigenvalue weighted by Crippen LogP contribution is -2.18. The number of ether oxygens (including phenoxy) is 1. The summed E-state index contributed by atoms with van der Waals surface area (Å²) in [7, 11) is 1.70. The van der Waals surface area contributed by atoms with Crippen molar-refractivity contribution in [3.8, 4) is 0 Å². The first kappa shape index (κ1) is 11.5. The highest BCUT2D eigenvalue weighted by Gasteiger charge is 2.35. The van der Waals surface area contributed by atoms with Crippen LogP contribution >= 0.6 is 0 Å². The Morgan fingerprint density at radius 2 is 2.31 bits per heavy atom. The van der Waals surface area contributed by atoms with Gasteiger partial charge in [0.1, 0.15) is 6.10 Å². The molecule has 5 heteroatoms. The summed E-state index contributed by atoms with van der Waals surface area (Å²) in [5.41, 5.74) is 0. The topological polar surface area (TPSA) is 60.2 Å². The molecule has 5 nitrogen and oxygen atoms in total. The third-order valence-electron chi connectivity index (χ3n) is 2.90. The predicted molar refractivity (Wildman–Crippen MR) is 58.9 cm³/mol. The Hall–Kier alpha value is -0.940. The smallest absolute Gasteiger partial charge is 0.243 e. The molecule has 1 fully saturated rings. The normalized spacial score (nSPS) is 19.7. The highest BCUT2D eigenvalue weighted by Crippen LogP contribution is 2.42. The zero-order chi connectivity index (χ0) is 11.5. The summed E-state index contributed by atoms with van der Waals surface area (Å²) in [5.74, 6) is 1.90. The van der Waals surface area contributed by atoms with Crippen LogP contribution in [-0.4, -0.2) is 23.8 Å². The largest absolute Gasteiger partial charge is 0.373 e. The molecule has 1 aliphatic carbocycles.